The normalized spacial score (nSPS) is 31.8. The number of aliphatic hydroxyl groups is 1. The number of hydrogen-bond donors (Lipinski definition) is 1. The van der Waals surface area contributed by atoms with E-state index in [9.17, 15) is 23.1 Å². The summed E-state index contributed by atoms with van der Waals surface area (Å²) in [5.41, 5.74) is 1.40. The summed E-state index contributed by atoms with van der Waals surface area (Å²) in [6.07, 6.45) is 2.56. The Kier molecular flexibility index (Phi) is 6.79. The number of fused-ring (bicyclic) bond motifs is 4. The lowest BCUT2D eigenvalue weighted by Gasteiger charge is -2.56. The van der Waals surface area contributed by atoms with E-state index in [4.69, 9.17) is 0 Å². The van der Waals surface area contributed by atoms with Gasteiger partial charge in [-0.3, -0.25) is 9.78 Å². The van der Waals surface area contributed by atoms with Crippen LogP contribution in [0, 0.1) is 17.3 Å². The first-order valence-electron chi connectivity index (χ1n) is 14.5. The summed E-state index contributed by atoms with van der Waals surface area (Å²) in [5.74, 6) is -6.30. The number of alkyl halides is 5. The minimum absolute atomic E-state index is 0.00718. The number of carbonyl (C=O) groups is 1. The molecule has 0 aliphatic heterocycles. The fourth-order valence-electron chi connectivity index (χ4n) is 8.47. The molecule has 3 nitrogen and oxygen atoms in total. The lowest BCUT2D eigenvalue weighted by molar-refractivity contribution is -0.362. The van der Waals surface area contributed by atoms with E-state index in [2.05, 4.69) is 4.98 Å². The number of aromatic nitrogens is 1. The Hall–Kier alpha value is -2.87. The van der Waals surface area contributed by atoms with Crippen LogP contribution in [0.1, 0.15) is 74.5 Å². The van der Waals surface area contributed by atoms with Crippen molar-refractivity contribution in [2.45, 2.75) is 88.3 Å². The first-order chi connectivity index (χ1) is 19.4. The highest BCUT2D eigenvalue weighted by atomic mass is 19.4. The smallest absolute Gasteiger partial charge is 0.383 e. The van der Waals surface area contributed by atoms with Crippen LogP contribution in [0.3, 0.4) is 0 Å². The number of carbonyl (C=O) groups excluding carboxylic acids is 1. The molecule has 1 N–H and O–H groups in total. The van der Waals surface area contributed by atoms with Crippen LogP contribution in [-0.4, -0.2) is 33.6 Å². The number of allylic oxidation sites excluding steroid dienone is 4. The average molecular weight is 572 g/mol. The Labute approximate surface area is 236 Å². The van der Waals surface area contributed by atoms with E-state index >= 15 is 8.78 Å². The van der Waals surface area contributed by atoms with Crippen molar-refractivity contribution in [1.29, 1.82) is 0 Å². The summed E-state index contributed by atoms with van der Waals surface area (Å²) in [4.78, 5) is 16.3. The minimum atomic E-state index is -5.85. The number of aryl methyl sites for hydroxylation is 2. The van der Waals surface area contributed by atoms with Crippen molar-refractivity contribution in [3.63, 3.8) is 0 Å². The Morgan fingerprint density at radius 3 is 2.24 bits per heavy atom. The fourth-order valence-corrected chi connectivity index (χ4v) is 8.47. The van der Waals surface area contributed by atoms with E-state index in [0.717, 1.165) is 46.3 Å². The lowest BCUT2D eigenvalue weighted by atomic mass is 9.50. The van der Waals surface area contributed by atoms with Crippen molar-refractivity contribution in [3.05, 3.63) is 88.3 Å². The number of ketones is 1. The number of rotatable bonds is 5. The van der Waals surface area contributed by atoms with Crippen LogP contribution in [0.15, 0.2) is 71.6 Å². The van der Waals surface area contributed by atoms with Gasteiger partial charge in [-0.05, 0) is 109 Å². The topological polar surface area (TPSA) is 50.2 Å². The highest BCUT2D eigenvalue weighted by Crippen LogP contribution is 2.70. The van der Waals surface area contributed by atoms with Gasteiger partial charge < -0.3 is 5.11 Å². The quantitative estimate of drug-likeness (QED) is 0.374. The molecular weight excluding hydrogens is 537 g/mol. The summed E-state index contributed by atoms with van der Waals surface area (Å²) in [7, 11) is 0. The third-order valence-electron chi connectivity index (χ3n) is 10.6. The molecule has 0 amide bonds. The van der Waals surface area contributed by atoms with Crippen LogP contribution in [0.5, 0.6) is 0 Å². The summed E-state index contributed by atoms with van der Waals surface area (Å²) in [5, 5.41) is 11.4. The zero-order valence-electron chi connectivity index (χ0n) is 23.0. The zero-order chi connectivity index (χ0) is 29.2. The average Bonchev–Trinajstić information content (AvgIpc) is 3.23. The van der Waals surface area contributed by atoms with Crippen molar-refractivity contribution in [2.24, 2.45) is 17.3 Å². The van der Waals surface area contributed by atoms with Gasteiger partial charge in [0.15, 0.2) is 5.78 Å². The minimum Gasteiger partial charge on any atom is -0.383 e. The maximum atomic E-state index is 15.1. The molecule has 4 aliphatic rings. The van der Waals surface area contributed by atoms with E-state index < -0.39 is 41.4 Å². The van der Waals surface area contributed by atoms with Crippen molar-refractivity contribution in [2.75, 3.05) is 0 Å². The van der Waals surface area contributed by atoms with Crippen molar-refractivity contribution < 1.29 is 31.9 Å². The highest BCUT2D eigenvalue weighted by Gasteiger charge is 2.79. The van der Waals surface area contributed by atoms with Gasteiger partial charge in [0.2, 0.25) is 0 Å². The van der Waals surface area contributed by atoms with Crippen LogP contribution in [0.4, 0.5) is 22.0 Å². The van der Waals surface area contributed by atoms with Crippen LogP contribution >= 0.6 is 0 Å². The molecule has 2 unspecified atom stereocenters. The number of pyridine rings is 1. The second-order valence-electron chi connectivity index (χ2n) is 12.6. The Morgan fingerprint density at radius 2 is 1.59 bits per heavy atom. The first kappa shape index (κ1) is 28.3. The van der Waals surface area contributed by atoms with Gasteiger partial charge in [0, 0.05) is 30.1 Å². The third kappa shape index (κ3) is 4.39. The molecule has 8 heteroatoms. The molecule has 0 radical (unpaired) electrons. The number of nitrogens with zero attached hydrogens (tertiary/aromatic N) is 1. The zero-order valence-corrected chi connectivity index (χ0v) is 23.0. The SMILES string of the molecule is C[C@]12C[C@H](c3ccc(CCc4ccncc4)cc3)C3=C4CCC(=O)C=C4CCC3C1CC[C@@]2(O)C(F)(F)C(F)(F)F. The predicted octanol–water partition coefficient (Wildman–Crippen LogP) is 7.70. The Morgan fingerprint density at radius 1 is 0.927 bits per heavy atom. The monoisotopic (exact) mass is 571 g/mol. The molecule has 0 spiro atoms. The maximum absolute atomic E-state index is 15.1. The van der Waals surface area contributed by atoms with E-state index in [-0.39, 0.29) is 24.5 Å². The van der Waals surface area contributed by atoms with Gasteiger partial charge in [-0.15, -0.1) is 0 Å². The van der Waals surface area contributed by atoms with Crippen LogP contribution in [-0.2, 0) is 17.6 Å². The summed E-state index contributed by atoms with van der Waals surface area (Å²) >= 11 is 0. The van der Waals surface area contributed by atoms with Gasteiger partial charge in [0.1, 0.15) is 5.60 Å². The van der Waals surface area contributed by atoms with Crippen LogP contribution in [0.2, 0.25) is 0 Å². The molecule has 1 aromatic heterocycles. The van der Waals surface area contributed by atoms with Crippen molar-refractivity contribution >= 4 is 5.78 Å². The van der Waals surface area contributed by atoms with Crippen molar-refractivity contribution in [1.82, 2.24) is 4.98 Å². The molecule has 5 atom stereocenters. The Balaban J connectivity index is 1.41. The number of benzene rings is 1. The second kappa shape index (κ2) is 9.85. The van der Waals surface area contributed by atoms with Crippen molar-refractivity contribution in [3.8, 4) is 0 Å². The van der Waals surface area contributed by atoms with Gasteiger partial charge >= 0.3 is 12.1 Å². The molecular formula is C33H34F5NO2. The summed E-state index contributed by atoms with van der Waals surface area (Å²) in [6.45, 7) is 1.46. The molecule has 6 rings (SSSR count). The third-order valence-corrected chi connectivity index (χ3v) is 10.6. The Bertz CT molecular complexity index is 1400. The predicted molar refractivity (Wildman–Crippen MR) is 144 cm³/mol. The molecule has 0 saturated heterocycles. The summed E-state index contributed by atoms with van der Waals surface area (Å²) in [6, 6.07) is 11.8. The molecule has 1 heterocycles. The maximum Gasteiger partial charge on any atom is 0.456 e. The lowest BCUT2D eigenvalue weighted by Crippen LogP contribution is -2.65. The van der Waals surface area contributed by atoms with E-state index in [0.29, 0.717) is 25.7 Å². The van der Waals surface area contributed by atoms with Gasteiger partial charge in [0.05, 0.1) is 0 Å². The molecule has 2 fully saturated rings. The van der Waals surface area contributed by atoms with Gasteiger partial charge in [0.25, 0.3) is 0 Å². The molecule has 4 aliphatic carbocycles. The number of hydrogen-bond acceptors (Lipinski definition) is 3. The standard InChI is InChI=1S/C33H34F5NO2/c1-30-19-27(22-6-4-20(5-7-22)2-3-21-13-16-39-17-14-21)29-25-11-9-24(40)18-23(25)8-10-26(29)28(30)12-15-31(30,41)32(34,35)33(36,37)38/h4-7,13-14,16-18,26-28,41H,2-3,8-12,15,19H2,1H3/t26?,27-,28?,30+,31+/m1/s1. The van der Waals surface area contributed by atoms with Gasteiger partial charge in [-0.2, -0.15) is 22.0 Å². The molecule has 0 bridgehead atoms. The second-order valence-corrected chi connectivity index (χ2v) is 12.6. The molecule has 41 heavy (non-hydrogen) atoms. The molecule has 2 aromatic rings. The van der Waals surface area contributed by atoms with E-state index in [1.807, 2.05) is 36.4 Å². The summed E-state index contributed by atoms with van der Waals surface area (Å²) < 4.78 is 71.5. The molecule has 2 saturated carbocycles. The van der Waals surface area contributed by atoms with Gasteiger partial charge in [-0.1, -0.05) is 36.8 Å². The highest BCUT2D eigenvalue weighted by molar-refractivity contribution is 5.93. The number of halogens is 5. The van der Waals surface area contributed by atoms with Crippen LogP contribution < -0.4 is 0 Å². The van der Waals surface area contributed by atoms with E-state index in [1.54, 1.807) is 18.5 Å². The van der Waals surface area contributed by atoms with Crippen LogP contribution in [0.25, 0.3) is 0 Å². The van der Waals surface area contributed by atoms with Gasteiger partial charge in [-0.25, -0.2) is 0 Å². The largest absolute Gasteiger partial charge is 0.456 e. The first-order valence-corrected chi connectivity index (χ1v) is 14.5. The fraction of sp³-hybridized carbons (Fsp3) is 0.515. The molecule has 1 aromatic carbocycles. The van der Waals surface area contributed by atoms with E-state index in [1.165, 1.54) is 6.92 Å². The molecule has 218 valence electrons.